The molecule has 39 heavy (non-hydrogen) atoms. The Kier molecular flexibility index (Phi) is 7.74. The molecule has 1 aromatic heterocycles. The fourth-order valence-corrected chi connectivity index (χ4v) is 5.62. The van der Waals surface area contributed by atoms with Crippen molar-refractivity contribution in [1.29, 1.82) is 0 Å². The molecule has 0 radical (unpaired) electrons. The van der Waals surface area contributed by atoms with E-state index in [0.717, 1.165) is 47.9 Å². The molecule has 3 aromatic rings. The van der Waals surface area contributed by atoms with E-state index >= 15 is 4.39 Å². The molecule has 0 aliphatic heterocycles. The van der Waals surface area contributed by atoms with Crippen LogP contribution in [0.1, 0.15) is 81.2 Å². The number of hydrogen-bond donors (Lipinski definition) is 0. The third-order valence-electron chi connectivity index (χ3n) is 7.91. The van der Waals surface area contributed by atoms with E-state index in [1.54, 1.807) is 19.2 Å². The van der Waals surface area contributed by atoms with Gasteiger partial charge in [0.25, 0.3) is 0 Å². The van der Waals surface area contributed by atoms with Crippen LogP contribution >= 0.6 is 0 Å². The zero-order valence-electron chi connectivity index (χ0n) is 23.1. The summed E-state index contributed by atoms with van der Waals surface area (Å²) in [7, 11) is 1.56. The van der Waals surface area contributed by atoms with Gasteiger partial charge in [-0.3, -0.25) is 4.79 Å². The lowest BCUT2D eigenvalue weighted by Gasteiger charge is -2.22. The van der Waals surface area contributed by atoms with Crippen molar-refractivity contribution in [3.8, 4) is 17.0 Å². The maximum atomic E-state index is 15.0. The topological polar surface area (TPSA) is 61.6 Å². The number of methoxy groups -OCH3 is 1. The van der Waals surface area contributed by atoms with Crippen LogP contribution in [0.5, 0.6) is 5.75 Å². The van der Waals surface area contributed by atoms with Gasteiger partial charge in [0, 0.05) is 5.56 Å². The van der Waals surface area contributed by atoms with Gasteiger partial charge in [0.2, 0.25) is 0 Å². The van der Waals surface area contributed by atoms with Gasteiger partial charge in [0.15, 0.2) is 5.76 Å². The summed E-state index contributed by atoms with van der Waals surface area (Å²) in [6.45, 7) is 6.63. The molecule has 204 valence electrons. The first-order valence-corrected chi connectivity index (χ1v) is 13.8. The van der Waals surface area contributed by atoms with Crippen LogP contribution in [0.2, 0.25) is 0 Å². The van der Waals surface area contributed by atoms with E-state index in [1.807, 2.05) is 31.2 Å². The molecule has 0 bridgehead atoms. The molecule has 0 saturated heterocycles. The van der Waals surface area contributed by atoms with Gasteiger partial charge in [-0.05, 0) is 90.8 Å². The van der Waals surface area contributed by atoms with Gasteiger partial charge >= 0.3 is 5.97 Å². The molecule has 0 unspecified atom stereocenters. The minimum Gasteiger partial charge on any atom is -0.497 e. The number of esters is 1. The van der Waals surface area contributed by atoms with Crippen molar-refractivity contribution in [2.75, 3.05) is 13.7 Å². The molecule has 1 atom stereocenters. The summed E-state index contributed by atoms with van der Waals surface area (Å²) in [6, 6.07) is 12.9. The first kappa shape index (κ1) is 26.9. The zero-order chi connectivity index (χ0) is 27.6. The number of halogens is 1. The molecule has 2 aromatic carbocycles. The minimum absolute atomic E-state index is 0.0945. The molecule has 1 fully saturated rings. The van der Waals surface area contributed by atoms with Crippen molar-refractivity contribution in [1.82, 2.24) is 5.16 Å². The monoisotopic (exact) mass is 529 g/mol. The van der Waals surface area contributed by atoms with Crippen LogP contribution in [-0.2, 0) is 9.53 Å². The van der Waals surface area contributed by atoms with E-state index in [2.05, 4.69) is 37.2 Å². The van der Waals surface area contributed by atoms with Crippen molar-refractivity contribution in [3.05, 3.63) is 76.8 Å². The number of carbonyl (C=O) groups is 1. The molecular weight excluding hydrogens is 493 g/mol. The Hall–Kier alpha value is -3.67. The molecule has 0 spiro atoms. The molecule has 2 aliphatic carbocycles. The molecule has 0 amide bonds. The highest BCUT2D eigenvalue weighted by Gasteiger charge is 2.35. The highest BCUT2D eigenvalue weighted by Crippen LogP contribution is 2.49. The Morgan fingerprint density at radius 2 is 2.03 bits per heavy atom. The number of hydrogen-bond acceptors (Lipinski definition) is 5. The van der Waals surface area contributed by atoms with Crippen LogP contribution in [0.4, 0.5) is 4.39 Å². The Morgan fingerprint density at radius 1 is 1.21 bits per heavy atom. The van der Waals surface area contributed by atoms with Crippen LogP contribution in [0.25, 0.3) is 29.0 Å². The second-order valence-electron chi connectivity index (χ2n) is 11.1. The number of ether oxygens (including phenoxy) is 2. The molecule has 6 heteroatoms. The standard InChI is InChI=1S/C33H36FNO4/c1-5-38-30(36)20-25(22-12-13-22)23-9-6-8-21(18-23)11-16-29-31(27-10-7-17-33(27,2)3)32(35-39-29)26-19-24(37-4)14-15-28(26)34/h6,8-11,14-16,18-19,22,25H,5,7,12-13,17,20H2,1-4H3/b16-11-/t25-/m0/s1. The highest BCUT2D eigenvalue weighted by atomic mass is 19.1. The van der Waals surface area contributed by atoms with Crippen molar-refractivity contribution < 1.29 is 23.2 Å². The van der Waals surface area contributed by atoms with Gasteiger partial charge < -0.3 is 14.0 Å². The summed E-state index contributed by atoms with van der Waals surface area (Å²) < 4.78 is 31.5. The van der Waals surface area contributed by atoms with Gasteiger partial charge in [-0.15, -0.1) is 0 Å². The SMILES string of the molecule is CCOC(=O)C[C@H](c1cccc(/C=C\c2onc(-c3cc(OC)ccc3F)c2C2=CCCC2(C)C)c1)C1CC1. The van der Waals surface area contributed by atoms with Gasteiger partial charge in [0.05, 0.1) is 25.7 Å². The fourth-order valence-electron chi connectivity index (χ4n) is 5.62. The Labute approximate surface area is 229 Å². The molecular formula is C33H36FNO4. The third kappa shape index (κ3) is 5.85. The lowest BCUT2D eigenvalue weighted by molar-refractivity contribution is -0.143. The van der Waals surface area contributed by atoms with Gasteiger partial charge in [-0.1, -0.05) is 55.4 Å². The average Bonchev–Trinajstić information content (AvgIpc) is 3.59. The summed E-state index contributed by atoms with van der Waals surface area (Å²) in [5, 5.41) is 4.36. The number of rotatable bonds is 10. The van der Waals surface area contributed by atoms with Crippen LogP contribution in [-0.4, -0.2) is 24.8 Å². The zero-order valence-corrected chi connectivity index (χ0v) is 23.1. The molecule has 5 nitrogen and oxygen atoms in total. The number of aromatic nitrogens is 1. The largest absolute Gasteiger partial charge is 0.497 e. The average molecular weight is 530 g/mol. The maximum absolute atomic E-state index is 15.0. The molecule has 5 rings (SSSR count). The van der Waals surface area contributed by atoms with E-state index < -0.39 is 0 Å². The Balaban J connectivity index is 1.51. The fraction of sp³-hybridized carbons (Fsp3) is 0.394. The summed E-state index contributed by atoms with van der Waals surface area (Å²) in [4.78, 5) is 12.3. The molecule has 2 aliphatic rings. The first-order chi connectivity index (χ1) is 18.8. The normalized spacial score (nSPS) is 17.3. The Bertz CT molecular complexity index is 1410. The quantitative estimate of drug-likeness (QED) is 0.247. The summed E-state index contributed by atoms with van der Waals surface area (Å²) >= 11 is 0. The number of benzene rings is 2. The summed E-state index contributed by atoms with van der Waals surface area (Å²) in [6.07, 6.45) is 10.7. The second-order valence-corrected chi connectivity index (χ2v) is 11.1. The number of carbonyl (C=O) groups excluding carboxylic acids is 1. The Morgan fingerprint density at radius 3 is 2.72 bits per heavy atom. The van der Waals surface area contributed by atoms with E-state index in [1.165, 1.54) is 6.07 Å². The second kappa shape index (κ2) is 11.2. The minimum atomic E-state index is -0.377. The summed E-state index contributed by atoms with van der Waals surface area (Å²) in [5.41, 5.74) is 4.80. The lowest BCUT2D eigenvalue weighted by Crippen LogP contribution is -2.12. The lowest BCUT2D eigenvalue weighted by atomic mass is 9.80. The van der Waals surface area contributed by atoms with Crippen molar-refractivity contribution in [3.63, 3.8) is 0 Å². The van der Waals surface area contributed by atoms with Crippen molar-refractivity contribution >= 4 is 23.7 Å². The van der Waals surface area contributed by atoms with E-state index in [9.17, 15) is 4.79 Å². The van der Waals surface area contributed by atoms with Crippen molar-refractivity contribution in [2.24, 2.45) is 11.3 Å². The van der Waals surface area contributed by atoms with E-state index in [4.69, 9.17) is 14.0 Å². The first-order valence-electron chi connectivity index (χ1n) is 13.8. The third-order valence-corrected chi connectivity index (χ3v) is 7.91. The van der Waals surface area contributed by atoms with Crippen LogP contribution in [0.15, 0.2) is 53.1 Å². The van der Waals surface area contributed by atoms with Gasteiger partial charge in [0.1, 0.15) is 17.3 Å². The van der Waals surface area contributed by atoms with Gasteiger partial charge in [-0.2, -0.15) is 0 Å². The molecule has 1 saturated carbocycles. The summed E-state index contributed by atoms with van der Waals surface area (Å²) in [5.74, 6) is 1.30. The smallest absolute Gasteiger partial charge is 0.306 e. The predicted molar refractivity (Wildman–Crippen MR) is 152 cm³/mol. The predicted octanol–water partition coefficient (Wildman–Crippen LogP) is 8.31. The highest BCUT2D eigenvalue weighted by molar-refractivity contribution is 5.88. The maximum Gasteiger partial charge on any atom is 0.306 e. The van der Waals surface area contributed by atoms with Gasteiger partial charge in [-0.25, -0.2) is 4.39 Å². The van der Waals surface area contributed by atoms with Crippen LogP contribution in [0, 0.1) is 17.2 Å². The molecule has 0 N–H and O–H groups in total. The van der Waals surface area contributed by atoms with Crippen LogP contribution in [0.3, 0.4) is 0 Å². The molecule has 1 heterocycles. The van der Waals surface area contributed by atoms with E-state index in [0.29, 0.717) is 41.7 Å². The van der Waals surface area contributed by atoms with Crippen molar-refractivity contribution in [2.45, 2.75) is 58.8 Å². The number of allylic oxidation sites excluding steroid dienone is 2. The van der Waals surface area contributed by atoms with E-state index in [-0.39, 0.29) is 23.1 Å². The van der Waals surface area contributed by atoms with Crippen LogP contribution < -0.4 is 4.74 Å². The number of nitrogens with zero attached hydrogens (tertiary/aromatic N) is 1.